The molecule has 100 valence electrons. The molecule has 0 unspecified atom stereocenters. The molecule has 2 aromatic rings. The Morgan fingerprint density at radius 3 is 2.79 bits per heavy atom. The second-order valence-corrected chi connectivity index (χ2v) is 4.63. The fourth-order valence-electron chi connectivity index (χ4n) is 2.04. The minimum atomic E-state index is 0.889. The number of aromatic nitrogens is 1. The van der Waals surface area contributed by atoms with Crippen molar-refractivity contribution in [3.05, 3.63) is 53.7 Å². The average molecular weight is 255 g/mol. The van der Waals surface area contributed by atoms with Gasteiger partial charge < -0.3 is 10.6 Å². The molecule has 0 bridgehead atoms. The number of rotatable bonds is 6. The van der Waals surface area contributed by atoms with Crippen LogP contribution in [0.2, 0.25) is 0 Å². The molecule has 1 heterocycles. The Bertz CT molecular complexity index is 523. The normalized spacial score (nSPS) is 10.2. The van der Waals surface area contributed by atoms with Crippen LogP contribution in [0.5, 0.6) is 0 Å². The highest BCUT2D eigenvalue weighted by molar-refractivity contribution is 5.51. The fraction of sp³-hybridized carbons (Fsp3) is 0.312. The quantitative estimate of drug-likeness (QED) is 0.829. The molecule has 1 aromatic heterocycles. The standard InChI is InChI=1S/C16H21N3/c1-3-17-16-12-15(8-10-19-16)18-9-7-14-6-4-5-13(2)11-14/h4-6,8,10-12H,3,7,9H2,1-2H3,(H2,17,18,19). The van der Waals surface area contributed by atoms with Crippen molar-refractivity contribution in [1.29, 1.82) is 0 Å². The van der Waals surface area contributed by atoms with Gasteiger partial charge in [-0.05, 0) is 31.9 Å². The molecular formula is C16H21N3. The van der Waals surface area contributed by atoms with Crippen molar-refractivity contribution in [1.82, 2.24) is 4.98 Å². The summed E-state index contributed by atoms with van der Waals surface area (Å²) in [5, 5.41) is 6.64. The number of hydrogen-bond acceptors (Lipinski definition) is 3. The van der Waals surface area contributed by atoms with E-state index in [4.69, 9.17) is 0 Å². The summed E-state index contributed by atoms with van der Waals surface area (Å²) in [6.45, 7) is 6.01. The Balaban J connectivity index is 1.87. The second-order valence-electron chi connectivity index (χ2n) is 4.63. The zero-order valence-corrected chi connectivity index (χ0v) is 11.6. The molecule has 0 aliphatic heterocycles. The van der Waals surface area contributed by atoms with Crippen LogP contribution in [-0.4, -0.2) is 18.1 Å². The van der Waals surface area contributed by atoms with Gasteiger partial charge in [0.25, 0.3) is 0 Å². The lowest BCUT2D eigenvalue weighted by Gasteiger charge is -2.09. The van der Waals surface area contributed by atoms with Crippen LogP contribution in [-0.2, 0) is 6.42 Å². The zero-order valence-electron chi connectivity index (χ0n) is 11.6. The summed E-state index contributed by atoms with van der Waals surface area (Å²) in [6, 6.07) is 12.7. The average Bonchev–Trinajstić information content (AvgIpc) is 2.40. The van der Waals surface area contributed by atoms with Gasteiger partial charge in [0.15, 0.2) is 0 Å². The van der Waals surface area contributed by atoms with Gasteiger partial charge in [0.1, 0.15) is 5.82 Å². The Morgan fingerprint density at radius 2 is 2.00 bits per heavy atom. The van der Waals surface area contributed by atoms with E-state index in [0.29, 0.717) is 0 Å². The van der Waals surface area contributed by atoms with E-state index in [0.717, 1.165) is 31.0 Å². The van der Waals surface area contributed by atoms with E-state index in [1.165, 1.54) is 11.1 Å². The highest BCUT2D eigenvalue weighted by Crippen LogP contribution is 2.12. The predicted octanol–water partition coefficient (Wildman–Crippen LogP) is 3.48. The van der Waals surface area contributed by atoms with Crippen LogP contribution in [0.1, 0.15) is 18.1 Å². The number of pyridine rings is 1. The zero-order chi connectivity index (χ0) is 13.5. The van der Waals surface area contributed by atoms with Crippen molar-refractivity contribution < 1.29 is 0 Å². The van der Waals surface area contributed by atoms with Crippen LogP contribution in [0, 0.1) is 6.92 Å². The summed E-state index contributed by atoms with van der Waals surface area (Å²) in [7, 11) is 0. The van der Waals surface area contributed by atoms with Crippen molar-refractivity contribution in [2.75, 3.05) is 23.7 Å². The van der Waals surface area contributed by atoms with Crippen molar-refractivity contribution in [3.8, 4) is 0 Å². The molecule has 0 atom stereocenters. The minimum absolute atomic E-state index is 0.889. The van der Waals surface area contributed by atoms with Crippen molar-refractivity contribution >= 4 is 11.5 Å². The molecule has 0 fully saturated rings. The van der Waals surface area contributed by atoms with E-state index in [2.05, 4.69) is 53.7 Å². The van der Waals surface area contributed by atoms with Crippen LogP contribution in [0.3, 0.4) is 0 Å². The van der Waals surface area contributed by atoms with Gasteiger partial charge in [0.05, 0.1) is 0 Å². The Morgan fingerprint density at radius 1 is 1.11 bits per heavy atom. The fourth-order valence-corrected chi connectivity index (χ4v) is 2.04. The molecule has 0 aliphatic carbocycles. The van der Waals surface area contributed by atoms with E-state index in [1.54, 1.807) is 0 Å². The van der Waals surface area contributed by atoms with E-state index >= 15 is 0 Å². The summed E-state index contributed by atoms with van der Waals surface area (Å²) in [4.78, 5) is 4.26. The second kappa shape index (κ2) is 6.78. The van der Waals surface area contributed by atoms with Crippen molar-refractivity contribution in [2.45, 2.75) is 20.3 Å². The summed E-state index contributed by atoms with van der Waals surface area (Å²) in [5.41, 5.74) is 3.79. The number of benzene rings is 1. The monoisotopic (exact) mass is 255 g/mol. The van der Waals surface area contributed by atoms with Gasteiger partial charge >= 0.3 is 0 Å². The smallest absolute Gasteiger partial charge is 0.127 e. The van der Waals surface area contributed by atoms with Crippen LogP contribution in [0.4, 0.5) is 11.5 Å². The molecule has 0 radical (unpaired) electrons. The Labute approximate surface area is 115 Å². The third kappa shape index (κ3) is 4.28. The van der Waals surface area contributed by atoms with Gasteiger partial charge in [-0.15, -0.1) is 0 Å². The van der Waals surface area contributed by atoms with Crippen molar-refractivity contribution in [2.24, 2.45) is 0 Å². The summed E-state index contributed by atoms with van der Waals surface area (Å²) >= 11 is 0. The summed E-state index contributed by atoms with van der Waals surface area (Å²) in [6.07, 6.45) is 2.85. The molecule has 0 spiro atoms. The maximum Gasteiger partial charge on any atom is 0.127 e. The van der Waals surface area contributed by atoms with Gasteiger partial charge in [-0.2, -0.15) is 0 Å². The maximum absolute atomic E-state index is 4.26. The first-order valence-corrected chi connectivity index (χ1v) is 6.77. The Hall–Kier alpha value is -2.03. The first-order chi connectivity index (χ1) is 9.28. The molecule has 0 aliphatic rings. The molecule has 19 heavy (non-hydrogen) atoms. The number of anilines is 2. The first kappa shape index (κ1) is 13.4. The highest BCUT2D eigenvalue weighted by atomic mass is 15.0. The topological polar surface area (TPSA) is 37.0 Å². The van der Waals surface area contributed by atoms with Crippen LogP contribution in [0.25, 0.3) is 0 Å². The van der Waals surface area contributed by atoms with Gasteiger partial charge in [-0.25, -0.2) is 4.98 Å². The molecule has 0 saturated carbocycles. The number of aryl methyl sites for hydroxylation is 1. The van der Waals surface area contributed by atoms with Crippen LogP contribution < -0.4 is 10.6 Å². The number of nitrogens with zero attached hydrogens (tertiary/aromatic N) is 1. The predicted molar refractivity (Wildman–Crippen MR) is 81.8 cm³/mol. The molecule has 2 rings (SSSR count). The summed E-state index contributed by atoms with van der Waals surface area (Å²) < 4.78 is 0. The molecule has 0 amide bonds. The third-order valence-corrected chi connectivity index (χ3v) is 2.94. The lowest BCUT2D eigenvalue weighted by atomic mass is 10.1. The molecular weight excluding hydrogens is 234 g/mol. The molecule has 1 aromatic carbocycles. The molecule has 0 saturated heterocycles. The van der Waals surface area contributed by atoms with Gasteiger partial charge in [-0.1, -0.05) is 29.8 Å². The van der Waals surface area contributed by atoms with Gasteiger partial charge in [0.2, 0.25) is 0 Å². The molecule has 3 nitrogen and oxygen atoms in total. The van der Waals surface area contributed by atoms with Gasteiger partial charge in [0, 0.05) is 31.0 Å². The van der Waals surface area contributed by atoms with Gasteiger partial charge in [-0.3, -0.25) is 0 Å². The lowest BCUT2D eigenvalue weighted by Crippen LogP contribution is -2.06. The molecule has 2 N–H and O–H groups in total. The maximum atomic E-state index is 4.26. The first-order valence-electron chi connectivity index (χ1n) is 6.77. The van der Waals surface area contributed by atoms with E-state index in [-0.39, 0.29) is 0 Å². The number of nitrogens with one attached hydrogen (secondary N) is 2. The SMILES string of the molecule is CCNc1cc(NCCc2cccc(C)c2)ccn1. The summed E-state index contributed by atoms with van der Waals surface area (Å²) in [5.74, 6) is 0.919. The third-order valence-electron chi connectivity index (χ3n) is 2.94. The van der Waals surface area contributed by atoms with E-state index < -0.39 is 0 Å². The molecule has 3 heteroatoms. The minimum Gasteiger partial charge on any atom is -0.385 e. The van der Waals surface area contributed by atoms with Crippen LogP contribution >= 0.6 is 0 Å². The highest BCUT2D eigenvalue weighted by Gasteiger charge is 1.97. The number of hydrogen-bond donors (Lipinski definition) is 2. The largest absolute Gasteiger partial charge is 0.385 e. The van der Waals surface area contributed by atoms with Crippen molar-refractivity contribution in [3.63, 3.8) is 0 Å². The van der Waals surface area contributed by atoms with Crippen LogP contribution in [0.15, 0.2) is 42.6 Å². The Kier molecular flexibility index (Phi) is 4.78. The van der Waals surface area contributed by atoms with E-state index in [9.17, 15) is 0 Å². The lowest BCUT2D eigenvalue weighted by molar-refractivity contribution is 1.01. The van der Waals surface area contributed by atoms with E-state index in [1.807, 2.05) is 18.3 Å².